The maximum Gasteiger partial charge on any atom is 0.261 e. The summed E-state index contributed by atoms with van der Waals surface area (Å²) in [5.74, 6) is 5.52. The lowest BCUT2D eigenvalue weighted by Crippen LogP contribution is -2.67. The van der Waals surface area contributed by atoms with E-state index in [0.29, 0.717) is 12.7 Å². The van der Waals surface area contributed by atoms with Crippen LogP contribution in [0.1, 0.15) is 47.0 Å². The average molecular weight is 379 g/mol. The van der Waals surface area contributed by atoms with Crippen LogP contribution >= 0.6 is 0 Å². The fourth-order valence-corrected chi connectivity index (χ4v) is 8.40. The molecule has 0 radical (unpaired) electrons. The molecule has 3 heteroatoms. The third-order valence-corrected chi connectivity index (χ3v) is 9.95. The van der Waals surface area contributed by atoms with Gasteiger partial charge in [0.05, 0.1) is 6.10 Å². The molecule has 0 aromatic heterocycles. The van der Waals surface area contributed by atoms with E-state index in [0.717, 1.165) is 12.8 Å². The average Bonchev–Trinajstić information content (AvgIpc) is 2.66. The number of aldehydes is 1. The normalized spacial score (nSPS) is 12.7. The van der Waals surface area contributed by atoms with Crippen molar-refractivity contribution in [2.75, 3.05) is 0 Å². The summed E-state index contributed by atoms with van der Waals surface area (Å²) in [6.07, 6.45) is 3.20. The van der Waals surface area contributed by atoms with Crippen molar-refractivity contribution < 1.29 is 9.22 Å². The van der Waals surface area contributed by atoms with Crippen LogP contribution in [0.25, 0.3) is 0 Å². The van der Waals surface area contributed by atoms with Gasteiger partial charge in [0.15, 0.2) is 6.29 Å². The van der Waals surface area contributed by atoms with Gasteiger partial charge in [-0.15, -0.1) is 0 Å². The van der Waals surface area contributed by atoms with Gasteiger partial charge in [-0.3, -0.25) is 4.79 Å². The van der Waals surface area contributed by atoms with E-state index in [-0.39, 0.29) is 11.1 Å². The summed E-state index contributed by atoms with van der Waals surface area (Å²) in [7, 11) is -2.57. The Hall–Kier alpha value is -2.15. The summed E-state index contributed by atoms with van der Waals surface area (Å²) < 4.78 is 7.08. The first kappa shape index (κ1) is 21.2. The van der Waals surface area contributed by atoms with Crippen LogP contribution < -0.4 is 10.4 Å². The molecule has 2 nitrogen and oxygen atoms in total. The smallest absolute Gasteiger partial charge is 0.261 e. The van der Waals surface area contributed by atoms with E-state index in [9.17, 15) is 4.79 Å². The van der Waals surface area contributed by atoms with Crippen molar-refractivity contribution in [3.8, 4) is 11.8 Å². The second kappa shape index (κ2) is 9.69. The lowest BCUT2D eigenvalue weighted by atomic mass is 10.1. The zero-order valence-corrected chi connectivity index (χ0v) is 17.9. The molecule has 0 fully saturated rings. The largest absolute Gasteiger partial charge is 0.404 e. The van der Waals surface area contributed by atoms with Gasteiger partial charge in [-0.2, -0.15) is 0 Å². The molecule has 0 N–H and O–H groups in total. The number of benzene rings is 2. The van der Waals surface area contributed by atoms with E-state index in [2.05, 4.69) is 100 Å². The van der Waals surface area contributed by atoms with Crippen LogP contribution in [0.3, 0.4) is 0 Å². The summed E-state index contributed by atoms with van der Waals surface area (Å²) >= 11 is 0. The van der Waals surface area contributed by atoms with Gasteiger partial charge in [0.1, 0.15) is 0 Å². The van der Waals surface area contributed by atoms with Crippen LogP contribution in [-0.2, 0) is 9.22 Å². The lowest BCUT2D eigenvalue weighted by molar-refractivity contribution is -0.103. The first-order valence-corrected chi connectivity index (χ1v) is 11.6. The predicted octanol–water partition coefficient (Wildman–Crippen LogP) is 4.32. The van der Waals surface area contributed by atoms with Crippen molar-refractivity contribution in [2.24, 2.45) is 0 Å². The van der Waals surface area contributed by atoms with Gasteiger partial charge in [-0.1, -0.05) is 101 Å². The molecule has 2 aromatic rings. The molecule has 142 valence electrons. The Morgan fingerprint density at radius 2 is 1.52 bits per heavy atom. The van der Waals surface area contributed by atoms with Crippen LogP contribution in [-0.4, -0.2) is 20.7 Å². The molecule has 0 aliphatic heterocycles. The van der Waals surface area contributed by atoms with Crippen LogP contribution in [0.4, 0.5) is 0 Å². The van der Waals surface area contributed by atoms with Gasteiger partial charge in [-0.25, -0.2) is 0 Å². The fraction of sp³-hybridized carbons (Fsp3) is 0.375. The minimum atomic E-state index is -2.57. The van der Waals surface area contributed by atoms with Crippen molar-refractivity contribution in [1.29, 1.82) is 0 Å². The van der Waals surface area contributed by atoms with Gasteiger partial charge >= 0.3 is 0 Å². The van der Waals surface area contributed by atoms with Gasteiger partial charge in [0.2, 0.25) is 0 Å². The molecular weight excluding hydrogens is 348 g/mol. The minimum absolute atomic E-state index is 0.00811. The Bertz CT molecular complexity index is 727. The molecule has 0 bridgehead atoms. The van der Waals surface area contributed by atoms with Gasteiger partial charge in [0, 0.05) is 6.42 Å². The molecule has 1 unspecified atom stereocenters. The molecule has 0 amide bonds. The van der Waals surface area contributed by atoms with E-state index in [4.69, 9.17) is 4.43 Å². The van der Waals surface area contributed by atoms with Crippen LogP contribution in [0.5, 0.6) is 0 Å². The second-order valence-electron chi connectivity index (χ2n) is 7.83. The van der Waals surface area contributed by atoms with E-state index in [1.54, 1.807) is 0 Å². The first-order chi connectivity index (χ1) is 13.0. The van der Waals surface area contributed by atoms with Gasteiger partial charge < -0.3 is 4.43 Å². The van der Waals surface area contributed by atoms with Crippen LogP contribution in [0.2, 0.25) is 5.04 Å². The highest BCUT2D eigenvalue weighted by atomic mass is 28.4. The number of carbonyl (C=O) groups excluding carboxylic acids is 1. The highest BCUT2D eigenvalue weighted by Gasteiger charge is 2.51. The Labute approximate surface area is 165 Å². The molecule has 27 heavy (non-hydrogen) atoms. The quantitative estimate of drug-likeness (QED) is 0.407. The first-order valence-electron chi connectivity index (χ1n) is 9.66. The van der Waals surface area contributed by atoms with Gasteiger partial charge in [-0.05, 0) is 27.8 Å². The summed E-state index contributed by atoms with van der Waals surface area (Å²) in [5.41, 5.74) is 0. The molecule has 0 saturated carbocycles. The summed E-state index contributed by atoms with van der Waals surface area (Å²) in [6.45, 7) is 8.99. The van der Waals surface area contributed by atoms with Crippen molar-refractivity contribution in [1.82, 2.24) is 0 Å². The molecule has 0 heterocycles. The highest BCUT2D eigenvalue weighted by molar-refractivity contribution is 6.99. The number of hydrogen-bond acceptors (Lipinski definition) is 2. The second-order valence-corrected chi connectivity index (χ2v) is 12.1. The van der Waals surface area contributed by atoms with Crippen molar-refractivity contribution in [3.63, 3.8) is 0 Å². The van der Waals surface area contributed by atoms with Crippen molar-refractivity contribution in [3.05, 3.63) is 60.7 Å². The highest BCUT2D eigenvalue weighted by Crippen LogP contribution is 2.38. The summed E-state index contributed by atoms with van der Waals surface area (Å²) in [6, 6.07) is 21.3. The molecule has 0 saturated heterocycles. The Morgan fingerprint density at radius 1 is 1.00 bits per heavy atom. The fourth-order valence-electron chi connectivity index (χ4n) is 3.68. The zero-order chi connectivity index (χ0) is 19.8. The molecule has 2 rings (SSSR count). The Kier molecular flexibility index (Phi) is 7.59. The van der Waals surface area contributed by atoms with Gasteiger partial charge in [0.25, 0.3) is 8.32 Å². The van der Waals surface area contributed by atoms with E-state index < -0.39 is 8.32 Å². The topological polar surface area (TPSA) is 26.3 Å². The predicted molar refractivity (Wildman–Crippen MR) is 116 cm³/mol. The maximum absolute atomic E-state index is 10.6. The number of rotatable bonds is 7. The number of carbonyl (C=O) groups is 1. The monoisotopic (exact) mass is 378 g/mol. The Morgan fingerprint density at radius 3 is 1.93 bits per heavy atom. The zero-order valence-electron chi connectivity index (χ0n) is 16.9. The third kappa shape index (κ3) is 4.97. The molecule has 0 aliphatic carbocycles. The molecule has 2 aromatic carbocycles. The van der Waals surface area contributed by atoms with E-state index in [1.807, 2.05) is 0 Å². The molecular formula is C24H30O2Si. The number of hydrogen-bond donors (Lipinski definition) is 0. The lowest BCUT2D eigenvalue weighted by Gasteiger charge is -2.45. The molecule has 0 spiro atoms. The molecule has 0 aliphatic rings. The summed E-state index contributed by atoms with van der Waals surface area (Å²) in [5, 5.41) is 2.49. The maximum atomic E-state index is 10.6. The van der Waals surface area contributed by atoms with E-state index in [1.165, 1.54) is 10.4 Å². The summed E-state index contributed by atoms with van der Waals surface area (Å²) in [4.78, 5) is 10.6. The van der Waals surface area contributed by atoms with Crippen LogP contribution in [0, 0.1) is 11.8 Å². The third-order valence-electron chi connectivity index (χ3n) is 4.86. The Balaban J connectivity index is 2.62. The van der Waals surface area contributed by atoms with Crippen LogP contribution in [0.15, 0.2) is 60.7 Å². The van der Waals surface area contributed by atoms with Crippen molar-refractivity contribution in [2.45, 2.75) is 58.1 Å². The standard InChI is InChI=1S/C24H30O2Si/c1-5-14-21(15-12-13-20-25)26-27(24(2,3)4,22-16-8-6-9-17-22)23-18-10-7-11-19-23/h6-11,16-21H,5,14-15H2,1-4H3. The van der Waals surface area contributed by atoms with Crippen molar-refractivity contribution >= 4 is 25.0 Å². The molecule has 1 atom stereocenters. The van der Waals surface area contributed by atoms with E-state index >= 15 is 0 Å². The SMILES string of the molecule is CCCC(CC#CC=O)O[Si](c1ccccc1)(c1ccccc1)C(C)(C)C. The minimum Gasteiger partial charge on any atom is -0.404 e.